The fourth-order valence-electron chi connectivity index (χ4n) is 2.50. The summed E-state index contributed by atoms with van der Waals surface area (Å²) < 4.78 is 5.35. The van der Waals surface area contributed by atoms with Crippen LogP contribution < -0.4 is 15.0 Å². The van der Waals surface area contributed by atoms with E-state index in [2.05, 4.69) is 17.1 Å². The lowest BCUT2D eigenvalue weighted by Crippen LogP contribution is -2.25. The molecule has 0 spiro atoms. The van der Waals surface area contributed by atoms with Crippen molar-refractivity contribution in [2.75, 3.05) is 38.7 Å². The number of nitrogens with zero attached hydrogens (tertiary/aromatic N) is 2. The number of pyridine rings is 1. The average molecular weight is 249 g/mol. The first-order valence-corrected chi connectivity index (χ1v) is 6.71. The Balaban J connectivity index is 2.13. The van der Waals surface area contributed by atoms with E-state index in [1.165, 1.54) is 6.42 Å². The summed E-state index contributed by atoms with van der Waals surface area (Å²) >= 11 is 0. The Kier molecular flexibility index (Phi) is 4.42. The lowest BCUT2D eigenvalue weighted by atomic mass is 10.1. The molecule has 0 amide bonds. The molecule has 0 bridgehead atoms. The maximum atomic E-state index is 5.35. The molecule has 1 aromatic heterocycles. The van der Waals surface area contributed by atoms with Crippen LogP contribution in [0, 0.1) is 5.92 Å². The fourth-order valence-corrected chi connectivity index (χ4v) is 2.50. The van der Waals surface area contributed by atoms with Gasteiger partial charge in [0.25, 0.3) is 0 Å². The maximum Gasteiger partial charge on any atom is 0.132 e. The van der Waals surface area contributed by atoms with E-state index in [9.17, 15) is 0 Å². The minimum absolute atomic E-state index is 0.730. The minimum atomic E-state index is 0.730. The molecule has 0 saturated carbocycles. The van der Waals surface area contributed by atoms with Gasteiger partial charge in [-0.15, -0.1) is 0 Å². The highest BCUT2D eigenvalue weighted by molar-refractivity contribution is 5.46. The molecular weight excluding hydrogens is 226 g/mol. The first-order valence-electron chi connectivity index (χ1n) is 6.71. The second kappa shape index (κ2) is 6.05. The first-order chi connectivity index (χ1) is 8.76. The highest BCUT2D eigenvalue weighted by Crippen LogP contribution is 2.26. The highest BCUT2D eigenvalue weighted by Gasteiger charge is 2.23. The van der Waals surface area contributed by atoms with Crippen LogP contribution in [0.5, 0.6) is 5.75 Å². The van der Waals surface area contributed by atoms with Crippen LogP contribution >= 0.6 is 0 Å². The number of methoxy groups -OCH3 is 1. The number of rotatable bonds is 5. The van der Waals surface area contributed by atoms with Crippen molar-refractivity contribution in [3.8, 4) is 5.75 Å². The maximum absolute atomic E-state index is 5.35. The summed E-state index contributed by atoms with van der Waals surface area (Å²) in [6.45, 7) is 5.39. The number of hydrogen-bond donors (Lipinski definition) is 1. The predicted octanol–water partition coefficient (Wildman–Crippen LogP) is 1.70. The summed E-state index contributed by atoms with van der Waals surface area (Å²) in [7, 11) is 3.73. The number of hydrogen-bond acceptors (Lipinski definition) is 4. The molecule has 1 aliphatic heterocycles. The van der Waals surface area contributed by atoms with E-state index in [1.54, 1.807) is 7.11 Å². The minimum Gasteiger partial charge on any atom is -0.497 e. The van der Waals surface area contributed by atoms with E-state index in [0.29, 0.717) is 0 Å². The van der Waals surface area contributed by atoms with E-state index in [1.807, 2.05) is 19.2 Å². The topological polar surface area (TPSA) is 37.4 Å². The van der Waals surface area contributed by atoms with Gasteiger partial charge in [0.05, 0.1) is 7.11 Å². The molecule has 2 heterocycles. The quantitative estimate of drug-likeness (QED) is 0.862. The largest absolute Gasteiger partial charge is 0.497 e. The summed E-state index contributed by atoms with van der Waals surface area (Å²) in [4.78, 5) is 7.07. The van der Waals surface area contributed by atoms with Crippen LogP contribution in [-0.2, 0) is 6.42 Å². The third-order valence-corrected chi connectivity index (χ3v) is 3.54. The number of aromatic nitrogens is 1. The Labute approximate surface area is 109 Å². The summed E-state index contributed by atoms with van der Waals surface area (Å²) in [5.41, 5.74) is 1.10. The fraction of sp³-hybridized carbons (Fsp3) is 0.643. The van der Waals surface area contributed by atoms with Crippen LogP contribution in [0.3, 0.4) is 0 Å². The number of nitrogens with one attached hydrogen (secondary N) is 1. The van der Waals surface area contributed by atoms with Gasteiger partial charge in [-0.25, -0.2) is 4.98 Å². The van der Waals surface area contributed by atoms with Crippen molar-refractivity contribution in [1.82, 2.24) is 10.3 Å². The molecule has 4 nitrogen and oxygen atoms in total. The van der Waals surface area contributed by atoms with Crippen LogP contribution in [-0.4, -0.2) is 38.8 Å². The zero-order valence-corrected chi connectivity index (χ0v) is 11.6. The normalized spacial score (nSPS) is 19.3. The molecular formula is C14H23N3O. The van der Waals surface area contributed by atoms with Gasteiger partial charge in [-0.2, -0.15) is 0 Å². The smallest absolute Gasteiger partial charge is 0.132 e. The number of ether oxygens (including phenoxy) is 1. The Morgan fingerprint density at radius 1 is 1.50 bits per heavy atom. The molecule has 1 aliphatic rings. The summed E-state index contributed by atoms with van der Waals surface area (Å²) in [5.74, 6) is 2.70. The van der Waals surface area contributed by atoms with Gasteiger partial charge in [0.1, 0.15) is 11.6 Å². The monoisotopic (exact) mass is 249 g/mol. The molecule has 1 atom stereocenters. The number of aryl methyl sites for hydroxylation is 1. The summed E-state index contributed by atoms with van der Waals surface area (Å²) in [6, 6.07) is 4.06. The lowest BCUT2D eigenvalue weighted by Gasteiger charge is -2.19. The zero-order valence-electron chi connectivity index (χ0n) is 11.6. The van der Waals surface area contributed by atoms with Gasteiger partial charge in [-0.3, -0.25) is 0 Å². The first kappa shape index (κ1) is 13.1. The molecule has 1 N–H and O–H groups in total. The van der Waals surface area contributed by atoms with Gasteiger partial charge in [-0.1, -0.05) is 6.92 Å². The van der Waals surface area contributed by atoms with Crippen molar-refractivity contribution in [2.24, 2.45) is 5.92 Å². The van der Waals surface area contributed by atoms with Crippen molar-refractivity contribution in [3.63, 3.8) is 0 Å². The third-order valence-electron chi connectivity index (χ3n) is 3.54. The van der Waals surface area contributed by atoms with Crippen molar-refractivity contribution in [3.05, 3.63) is 17.8 Å². The van der Waals surface area contributed by atoms with E-state index < -0.39 is 0 Å². The third kappa shape index (κ3) is 2.93. The second-order valence-electron chi connectivity index (χ2n) is 4.87. The van der Waals surface area contributed by atoms with E-state index in [-0.39, 0.29) is 0 Å². The average Bonchev–Trinajstić information content (AvgIpc) is 2.87. The SMILES string of the molecule is CCc1cc(OC)cc(N2CCC(CNC)C2)n1. The van der Waals surface area contributed by atoms with Crippen LogP contribution in [0.15, 0.2) is 12.1 Å². The highest BCUT2D eigenvalue weighted by atomic mass is 16.5. The van der Waals surface area contributed by atoms with Gasteiger partial charge < -0.3 is 15.0 Å². The lowest BCUT2D eigenvalue weighted by molar-refractivity contribution is 0.413. The molecule has 100 valence electrons. The molecule has 1 saturated heterocycles. The standard InChI is InChI=1S/C14H23N3O/c1-4-12-7-13(18-3)8-14(16-12)17-6-5-11(10-17)9-15-2/h7-8,11,15H,4-6,9-10H2,1-3H3. The molecule has 4 heteroatoms. The Hall–Kier alpha value is -1.29. The van der Waals surface area contributed by atoms with Gasteiger partial charge in [0.15, 0.2) is 0 Å². The Bertz CT molecular complexity index is 372. The van der Waals surface area contributed by atoms with Gasteiger partial charge in [-0.05, 0) is 32.4 Å². The Morgan fingerprint density at radius 3 is 3.00 bits per heavy atom. The summed E-state index contributed by atoms with van der Waals surface area (Å²) in [6.07, 6.45) is 2.18. The molecule has 2 rings (SSSR count). The second-order valence-corrected chi connectivity index (χ2v) is 4.87. The van der Waals surface area contributed by atoms with E-state index in [4.69, 9.17) is 9.72 Å². The van der Waals surface area contributed by atoms with Crippen molar-refractivity contribution in [1.29, 1.82) is 0 Å². The van der Waals surface area contributed by atoms with Crippen molar-refractivity contribution in [2.45, 2.75) is 19.8 Å². The molecule has 0 radical (unpaired) electrons. The van der Waals surface area contributed by atoms with Crippen LogP contribution in [0.4, 0.5) is 5.82 Å². The van der Waals surface area contributed by atoms with Gasteiger partial charge in [0, 0.05) is 30.9 Å². The van der Waals surface area contributed by atoms with Crippen LogP contribution in [0.1, 0.15) is 19.0 Å². The van der Waals surface area contributed by atoms with Gasteiger partial charge in [0.2, 0.25) is 0 Å². The molecule has 0 aromatic carbocycles. The molecule has 18 heavy (non-hydrogen) atoms. The zero-order chi connectivity index (χ0) is 13.0. The molecule has 0 aliphatic carbocycles. The van der Waals surface area contributed by atoms with E-state index in [0.717, 1.165) is 49.2 Å². The van der Waals surface area contributed by atoms with E-state index >= 15 is 0 Å². The van der Waals surface area contributed by atoms with Crippen molar-refractivity contribution < 1.29 is 4.74 Å². The summed E-state index contributed by atoms with van der Waals surface area (Å²) in [5, 5.41) is 3.25. The number of anilines is 1. The molecule has 1 aromatic rings. The Morgan fingerprint density at radius 2 is 2.33 bits per heavy atom. The predicted molar refractivity (Wildman–Crippen MR) is 74.4 cm³/mol. The van der Waals surface area contributed by atoms with Crippen molar-refractivity contribution >= 4 is 5.82 Å². The molecule has 1 unspecified atom stereocenters. The molecule has 1 fully saturated rings. The van der Waals surface area contributed by atoms with Crippen LogP contribution in [0.25, 0.3) is 0 Å². The van der Waals surface area contributed by atoms with Crippen LogP contribution in [0.2, 0.25) is 0 Å². The van der Waals surface area contributed by atoms with Gasteiger partial charge >= 0.3 is 0 Å².